The summed E-state index contributed by atoms with van der Waals surface area (Å²) in [4.78, 5) is 3.88. The molecule has 1 atom stereocenters. The van der Waals surface area contributed by atoms with Gasteiger partial charge in [0.25, 0.3) is 0 Å². The van der Waals surface area contributed by atoms with E-state index in [0.29, 0.717) is 12.4 Å². The molecule has 1 rings (SSSR count). The second kappa shape index (κ2) is 6.91. The van der Waals surface area contributed by atoms with Crippen molar-refractivity contribution in [3.63, 3.8) is 0 Å². The van der Waals surface area contributed by atoms with E-state index < -0.39 is 6.64 Å². The van der Waals surface area contributed by atoms with E-state index in [1.165, 1.54) is 13.5 Å². The molecule has 0 amide bonds. The minimum atomic E-state index is -2.83. The van der Waals surface area contributed by atoms with E-state index in [0.717, 1.165) is 0 Å². The fourth-order valence-corrected chi connectivity index (χ4v) is 2.90. The van der Waals surface area contributed by atoms with Gasteiger partial charge in [-0.1, -0.05) is 11.6 Å². The van der Waals surface area contributed by atoms with E-state index >= 15 is 0 Å². The van der Waals surface area contributed by atoms with Crippen molar-refractivity contribution in [2.75, 3.05) is 13.7 Å². The Balaban J connectivity index is 2.91. The van der Waals surface area contributed by atoms with E-state index in [4.69, 9.17) is 37.2 Å². The van der Waals surface area contributed by atoms with Crippen molar-refractivity contribution in [1.29, 1.82) is 0 Å². The standard InChI is InChI=1S/C9H12ClN2O3PS/c1-3-14-16(17,12-7-13-2)15-8-5-4-6-11-9(8)10/h4-7H,3H2,1-2H3. The molecule has 0 fully saturated rings. The van der Waals surface area contributed by atoms with Crippen molar-refractivity contribution in [3.05, 3.63) is 23.5 Å². The Labute approximate surface area is 110 Å². The molecule has 0 aliphatic carbocycles. The summed E-state index contributed by atoms with van der Waals surface area (Å²) in [7, 11) is 1.46. The average molecular weight is 295 g/mol. The normalized spacial score (nSPS) is 14.5. The summed E-state index contributed by atoms with van der Waals surface area (Å²) in [5.41, 5.74) is 0. The third kappa shape index (κ3) is 4.60. The lowest BCUT2D eigenvalue weighted by molar-refractivity contribution is 0.330. The van der Waals surface area contributed by atoms with Crippen LogP contribution in [0.2, 0.25) is 5.15 Å². The Hall–Kier alpha value is -0.680. The lowest BCUT2D eigenvalue weighted by atomic mass is 10.5. The van der Waals surface area contributed by atoms with E-state index in [2.05, 4.69) is 9.75 Å². The molecule has 0 aliphatic heterocycles. The van der Waals surface area contributed by atoms with Gasteiger partial charge in [0.05, 0.1) is 13.7 Å². The van der Waals surface area contributed by atoms with Crippen LogP contribution in [-0.4, -0.2) is 25.1 Å². The van der Waals surface area contributed by atoms with Gasteiger partial charge in [0.15, 0.2) is 17.3 Å². The zero-order valence-electron chi connectivity index (χ0n) is 9.37. The quantitative estimate of drug-likeness (QED) is 0.349. The number of aromatic nitrogens is 1. The molecule has 0 radical (unpaired) electrons. The first kappa shape index (κ1) is 14.4. The fraction of sp³-hybridized carbons (Fsp3) is 0.333. The first-order valence-electron chi connectivity index (χ1n) is 4.73. The van der Waals surface area contributed by atoms with Crippen LogP contribution in [0.1, 0.15) is 6.92 Å². The van der Waals surface area contributed by atoms with Crippen LogP contribution >= 0.6 is 18.2 Å². The number of rotatable bonds is 6. The molecular formula is C9H12ClN2O3PS. The first-order valence-corrected chi connectivity index (χ1v) is 7.69. The molecule has 1 aromatic heterocycles. The zero-order valence-corrected chi connectivity index (χ0v) is 11.8. The third-order valence-electron chi connectivity index (χ3n) is 1.52. The summed E-state index contributed by atoms with van der Waals surface area (Å²) < 4.78 is 19.5. The van der Waals surface area contributed by atoms with E-state index in [1.807, 2.05) is 0 Å². The number of nitrogens with zero attached hydrogens (tertiary/aromatic N) is 2. The monoisotopic (exact) mass is 294 g/mol. The van der Waals surface area contributed by atoms with Crippen LogP contribution in [0, 0.1) is 0 Å². The van der Waals surface area contributed by atoms with Crippen LogP contribution in [0.4, 0.5) is 0 Å². The van der Waals surface area contributed by atoms with Crippen LogP contribution in [-0.2, 0) is 21.1 Å². The van der Waals surface area contributed by atoms with Crippen LogP contribution in [0.25, 0.3) is 0 Å². The van der Waals surface area contributed by atoms with Crippen LogP contribution < -0.4 is 4.52 Å². The maximum atomic E-state index is 5.86. The highest BCUT2D eigenvalue weighted by molar-refractivity contribution is 8.09. The molecule has 8 heteroatoms. The molecule has 0 aromatic carbocycles. The molecule has 0 N–H and O–H groups in total. The van der Waals surface area contributed by atoms with Crippen molar-refractivity contribution in [3.8, 4) is 5.75 Å². The number of halogens is 1. The van der Waals surface area contributed by atoms with Crippen molar-refractivity contribution in [2.24, 2.45) is 4.76 Å². The Morgan fingerprint density at radius 2 is 2.41 bits per heavy atom. The lowest BCUT2D eigenvalue weighted by Crippen LogP contribution is -1.97. The Kier molecular flexibility index (Phi) is 5.85. The predicted octanol–water partition coefficient (Wildman–Crippen LogP) is 3.05. The van der Waals surface area contributed by atoms with Crippen LogP contribution in [0.5, 0.6) is 5.75 Å². The van der Waals surface area contributed by atoms with Crippen molar-refractivity contribution in [2.45, 2.75) is 6.92 Å². The number of hydrogen-bond donors (Lipinski definition) is 0. The molecule has 0 bridgehead atoms. The van der Waals surface area contributed by atoms with Gasteiger partial charge in [-0.15, -0.1) is 0 Å². The fourth-order valence-electron chi connectivity index (χ4n) is 0.915. The molecular weight excluding hydrogens is 283 g/mol. The van der Waals surface area contributed by atoms with Crippen LogP contribution in [0.3, 0.4) is 0 Å². The number of methoxy groups -OCH3 is 1. The zero-order chi connectivity index (χ0) is 12.7. The van der Waals surface area contributed by atoms with Crippen molar-refractivity contribution in [1.82, 2.24) is 4.98 Å². The lowest BCUT2D eigenvalue weighted by Gasteiger charge is -2.17. The van der Waals surface area contributed by atoms with Crippen molar-refractivity contribution >= 4 is 36.5 Å². The minimum absolute atomic E-state index is 0.217. The molecule has 1 aromatic rings. The topological polar surface area (TPSA) is 52.9 Å². The molecule has 0 spiro atoms. The first-order chi connectivity index (χ1) is 8.11. The highest BCUT2D eigenvalue weighted by Gasteiger charge is 2.20. The highest BCUT2D eigenvalue weighted by Crippen LogP contribution is 2.50. The molecule has 1 unspecified atom stereocenters. The van der Waals surface area contributed by atoms with Gasteiger partial charge in [-0.25, -0.2) is 4.98 Å². The molecule has 1 heterocycles. The molecule has 94 valence electrons. The summed E-state index contributed by atoms with van der Waals surface area (Å²) in [5, 5.41) is 0.217. The largest absolute Gasteiger partial charge is 0.486 e. The average Bonchev–Trinajstić information content (AvgIpc) is 2.30. The molecule has 5 nitrogen and oxygen atoms in total. The van der Waals surface area contributed by atoms with Gasteiger partial charge < -0.3 is 13.8 Å². The second-order valence-corrected chi connectivity index (χ2v) is 6.08. The Morgan fingerprint density at radius 1 is 1.65 bits per heavy atom. The number of ether oxygens (including phenoxy) is 1. The number of hydrogen-bond acceptors (Lipinski definition) is 5. The van der Waals surface area contributed by atoms with E-state index in [1.54, 1.807) is 25.3 Å². The molecule has 17 heavy (non-hydrogen) atoms. The van der Waals surface area contributed by atoms with Gasteiger partial charge in [-0.05, 0) is 19.1 Å². The summed E-state index contributed by atoms with van der Waals surface area (Å²) in [6, 6.07) is 3.34. The van der Waals surface area contributed by atoms with Crippen LogP contribution in [0.15, 0.2) is 23.1 Å². The van der Waals surface area contributed by atoms with E-state index in [9.17, 15) is 0 Å². The molecule has 0 aliphatic rings. The maximum Gasteiger partial charge on any atom is 0.364 e. The summed E-state index contributed by atoms with van der Waals surface area (Å²) in [5.74, 6) is 0.346. The Morgan fingerprint density at radius 3 is 3.00 bits per heavy atom. The predicted molar refractivity (Wildman–Crippen MR) is 71.3 cm³/mol. The summed E-state index contributed by atoms with van der Waals surface area (Å²) >= 11 is 11.1. The van der Waals surface area contributed by atoms with Crippen molar-refractivity contribution < 1.29 is 13.8 Å². The third-order valence-corrected chi connectivity index (χ3v) is 4.02. The van der Waals surface area contributed by atoms with E-state index in [-0.39, 0.29) is 5.15 Å². The smallest absolute Gasteiger partial charge is 0.364 e. The summed E-state index contributed by atoms with van der Waals surface area (Å²) in [6.45, 7) is -0.643. The highest BCUT2D eigenvalue weighted by atomic mass is 35.5. The van der Waals surface area contributed by atoms with Gasteiger partial charge in [-0.2, -0.15) is 4.76 Å². The Bertz CT molecular complexity index is 444. The van der Waals surface area contributed by atoms with Gasteiger partial charge in [0, 0.05) is 18.0 Å². The van der Waals surface area contributed by atoms with Gasteiger partial charge in [0.1, 0.15) is 0 Å². The van der Waals surface area contributed by atoms with Gasteiger partial charge >= 0.3 is 6.64 Å². The summed E-state index contributed by atoms with van der Waals surface area (Å²) in [6.07, 6.45) is 2.75. The second-order valence-electron chi connectivity index (χ2n) is 2.73. The molecule has 0 saturated heterocycles. The minimum Gasteiger partial charge on any atom is -0.486 e. The van der Waals surface area contributed by atoms with Gasteiger partial charge in [0.2, 0.25) is 0 Å². The molecule has 0 saturated carbocycles. The van der Waals surface area contributed by atoms with Gasteiger partial charge in [-0.3, -0.25) is 0 Å². The maximum absolute atomic E-state index is 5.86. The number of pyridine rings is 1. The SMILES string of the molecule is CCOP(=S)(N=COC)Oc1cccnc1Cl.